The molecule has 2 heterocycles. The normalized spacial score (nSPS) is 11.1. The van der Waals surface area contributed by atoms with E-state index in [0.717, 1.165) is 5.75 Å². The Morgan fingerprint density at radius 1 is 0.943 bits per heavy atom. The quantitative estimate of drug-likeness (QED) is 0.237. The Labute approximate surface area is 205 Å². The van der Waals surface area contributed by atoms with Crippen LogP contribution in [0.15, 0.2) is 82.7 Å². The number of benzene rings is 3. The molecule has 0 aliphatic heterocycles. The molecule has 0 fully saturated rings. The summed E-state index contributed by atoms with van der Waals surface area (Å²) in [5.41, 5.74) is 1.71. The van der Waals surface area contributed by atoms with E-state index >= 15 is 0 Å². The molecular weight excluding hydrogens is 464 g/mol. The average molecular weight is 487 g/mol. The van der Waals surface area contributed by atoms with Crippen molar-refractivity contribution in [2.75, 3.05) is 19.5 Å². The van der Waals surface area contributed by atoms with Crippen molar-refractivity contribution < 1.29 is 14.3 Å². The highest BCUT2D eigenvalue weighted by atomic mass is 32.2. The lowest BCUT2D eigenvalue weighted by molar-refractivity contribution is 0.102. The molecule has 5 rings (SSSR count). The van der Waals surface area contributed by atoms with Crippen LogP contribution in [0, 0.1) is 0 Å². The Morgan fingerprint density at radius 2 is 1.66 bits per heavy atom. The minimum Gasteiger partial charge on any atom is -0.497 e. The molecule has 0 spiro atoms. The van der Waals surface area contributed by atoms with E-state index in [9.17, 15) is 9.59 Å². The molecule has 0 bridgehead atoms. The molecule has 3 aromatic carbocycles. The maximum atomic E-state index is 13.4. The summed E-state index contributed by atoms with van der Waals surface area (Å²) in [5.74, 6) is 1.91. The fourth-order valence-corrected chi connectivity index (χ4v) is 4.69. The first-order chi connectivity index (χ1) is 17.1. The smallest absolute Gasteiger partial charge is 0.267 e. The van der Waals surface area contributed by atoms with Crippen molar-refractivity contribution in [1.82, 2.24) is 19.2 Å². The van der Waals surface area contributed by atoms with E-state index in [1.54, 1.807) is 61.7 Å². The fourth-order valence-electron chi connectivity index (χ4n) is 3.85. The van der Waals surface area contributed by atoms with Crippen LogP contribution < -0.4 is 15.0 Å². The van der Waals surface area contributed by atoms with Crippen LogP contribution in [0.25, 0.3) is 22.4 Å². The Kier molecular flexibility index (Phi) is 6.24. The second-order valence-corrected chi connectivity index (χ2v) is 8.59. The van der Waals surface area contributed by atoms with Gasteiger partial charge in [0.2, 0.25) is 5.78 Å². The van der Waals surface area contributed by atoms with Gasteiger partial charge in [-0.25, -0.2) is 4.57 Å². The molecule has 0 unspecified atom stereocenters. The van der Waals surface area contributed by atoms with E-state index < -0.39 is 0 Å². The third-order valence-electron chi connectivity index (χ3n) is 5.55. The zero-order valence-corrected chi connectivity index (χ0v) is 20.0. The minimum absolute atomic E-state index is 0.0393. The van der Waals surface area contributed by atoms with Gasteiger partial charge in [0, 0.05) is 5.56 Å². The Bertz CT molecular complexity index is 1570. The number of hydrogen-bond donors (Lipinski definition) is 0. The number of hydrogen-bond acceptors (Lipinski definition) is 7. The fraction of sp³-hybridized carbons (Fsp3) is 0.154. The van der Waals surface area contributed by atoms with Crippen molar-refractivity contribution in [3.05, 3.63) is 88.7 Å². The highest BCUT2D eigenvalue weighted by Crippen LogP contribution is 2.25. The van der Waals surface area contributed by atoms with Crippen LogP contribution >= 0.6 is 11.8 Å². The number of aromatic nitrogens is 4. The first-order valence-corrected chi connectivity index (χ1v) is 12.0. The molecule has 2 aromatic heterocycles. The van der Waals surface area contributed by atoms with Gasteiger partial charge in [-0.15, -0.1) is 10.2 Å². The summed E-state index contributed by atoms with van der Waals surface area (Å²) in [7, 11) is 1.59. The summed E-state index contributed by atoms with van der Waals surface area (Å²) in [6, 6.07) is 21.6. The first kappa shape index (κ1) is 22.7. The molecule has 0 atom stereocenters. The summed E-state index contributed by atoms with van der Waals surface area (Å²) < 4.78 is 14.0. The topological polar surface area (TPSA) is 87.7 Å². The molecule has 0 N–H and O–H groups in total. The SMILES string of the molecule is CCOc1ccc(C(=O)CSc2nnc3n(-c4ccc(OC)cc4)c(=O)c4ccccc4n23)cc1. The highest BCUT2D eigenvalue weighted by Gasteiger charge is 2.19. The molecule has 35 heavy (non-hydrogen) atoms. The van der Waals surface area contributed by atoms with Gasteiger partial charge < -0.3 is 9.47 Å². The summed E-state index contributed by atoms with van der Waals surface area (Å²) in [6.45, 7) is 2.48. The molecule has 176 valence electrons. The van der Waals surface area contributed by atoms with Crippen LogP contribution in [-0.4, -0.2) is 44.4 Å². The third-order valence-corrected chi connectivity index (χ3v) is 6.47. The number of carbonyl (C=O) groups is 1. The molecule has 0 radical (unpaired) electrons. The lowest BCUT2D eigenvalue weighted by Gasteiger charge is -2.11. The van der Waals surface area contributed by atoms with Crippen molar-refractivity contribution in [2.45, 2.75) is 12.1 Å². The number of ketones is 1. The van der Waals surface area contributed by atoms with Gasteiger partial charge in [-0.1, -0.05) is 23.9 Å². The zero-order chi connectivity index (χ0) is 24.4. The summed E-state index contributed by atoms with van der Waals surface area (Å²) in [5, 5.41) is 9.71. The van der Waals surface area contributed by atoms with E-state index in [2.05, 4.69) is 10.2 Å². The lowest BCUT2D eigenvalue weighted by atomic mass is 10.1. The molecule has 0 aliphatic rings. The monoisotopic (exact) mass is 486 g/mol. The maximum absolute atomic E-state index is 13.4. The minimum atomic E-state index is -0.201. The van der Waals surface area contributed by atoms with Gasteiger partial charge in [0.25, 0.3) is 5.56 Å². The maximum Gasteiger partial charge on any atom is 0.267 e. The molecular formula is C26H22N4O4S. The lowest BCUT2D eigenvalue weighted by Crippen LogP contribution is -2.21. The molecule has 0 saturated heterocycles. The number of carbonyl (C=O) groups excluding carboxylic acids is 1. The van der Waals surface area contributed by atoms with E-state index in [-0.39, 0.29) is 17.1 Å². The van der Waals surface area contributed by atoms with E-state index in [0.29, 0.717) is 45.4 Å². The predicted molar refractivity (Wildman–Crippen MR) is 135 cm³/mol. The number of para-hydroxylation sites is 1. The van der Waals surface area contributed by atoms with Crippen molar-refractivity contribution in [3.8, 4) is 17.2 Å². The van der Waals surface area contributed by atoms with Crippen molar-refractivity contribution in [2.24, 2.45) is 0 Å². The second-order valence-electron chi connectivity index (χ2n) is 7.64. The number of fused-ring (bicyclic) bond motifs is 3. The zero-order valence-electron chi connectivity index (χ0n) is 19.2. The van der Waals surface area contributed by atoms with Gasteiger partial charge in [-0.05, 0) is 67.6 Å². The molecule has 8 nitrogen and oxygen atoms in total. The first-order valence-electron chi connectivity index (χ1n) is 11.0. The van der Waals surface area contributed by atoms with E-state index in [1.807, 2.05) is 29.5 Å². The molecule has 5 aromatic rings. The number of nitrogens with zero attached hydrogens (tertiary/aromatic N) is 4. The van der Waals surface area contributed by atoms with Crippen LogP contribution in [-0.2, 0) is 0 Å². The molecule has 0 saturated carbocycles. The van der Waals surface area contributed by atoms with Crippen LogP contribution in [0.1, 0.15) is 17.3 Å². The summed E-state index contributed by atoms with van der Waals surface area (Å²) >= 11 is 1.28. The van der Waals surface area contributed by atoms with Gasteiger partial charge in [0.15, 0.2) is 10.9 Å². The van der Waals surface area contributed by atoms with E-state index in [1.165, 1.54) is 16.3 Å². The average Bonchev–Trinajstić information content (AvgIpc) is 3.32. The van der Waals surface area contributed by atoms with Gasteiger partial charge in [-0.3, -0.25) is 14.0 Å². The van der Waals surface area contributed by atoms with Gasteiger partial charge in [0.1, 0.15) is 11.5 Å². The van der Waals surface area contributed by atoms with Crippen molar-refractivity contribution >= 4 is 34.2 Å². The van der Waals surface area contributed by atoms with Crippen molar-refractivity contribution in [1.29, 1.82) is 0 Å². The largest absolute Gasteiger partial charge is 0.497 e. The Hall–Kier alpha value is -4.11. The third kappa shape index (κ3) is 4.26. The van der Waals surface area contributed by atoms with Crippen LogP contribution in [0.4, 0.5) is 0 Å². The summed E-state index contributed by atoms with van der Waals surface area (Å²) in [4.78, 5) is 26.2. The second kappa shape index (κ2) is 9.63. The standard InChI is InChI=1S/C26H22N4O4S/c1-3-34-20-12-8-17(9-13-20)23(31)16-35-26-28-27-25-29(18-10-14-19(33-2)15-11-18)24(32)21-6-4-5-7-22(21)30(25)26/h4-15H,3,16H2,1-2H3. The van der Waals surface area contributed by atoms with Gasteiger partial charge in [0.05, 0.1) is 36.1 Å². The van der Waals surface area contributed by atoms with Crippen LogP contribution in [0.5, 0.6) is 11.5 Å². The Balaban J connectivity index is 1.54. The van der Waals surface area contributed by atoms with Crippen LogP contribution in [0.3, 0.4) is 0 Å². The highest BCUT2D eigenvalue weighted by molar-refractivity contribution is 7.99. The summed E-state index contributed by atoms with van der Waals surface area (Å²) in [6.07, 6.45) is 0. The van der Waals surface area contributed by atoms with Crippen LogP contribution in [0.2, 0.25) is 0 Å². The molecule has 0 amide bonds. The van der Waals surface area contributed by atoms with Crippen molar-refractivity contribution in [3.63, 3.8) is 0 Å². The number of methoxy groups -OCH3 is 1. The molecule has 9 heteroatoms. The van der Waals surface area contributed by atoms with E-state index in [4.69, 9.17) is 9.47 Å². The van der Waals surface area contributed by atoms with Gasteiger partial charge >= 0.3 is 0 Å². The molecule has 0 aliphatic carbocycles. The van der Waals surface area contributed by atoms with Gasteiger partial charge in [-0.2, -0.15) is 0 Å². The number of thioether (sulfide) groups is 1. The number of rotatable bonds is 8. The predicted octanol–water partition coefficient (Wildman–Crippen LogP) is 4.42. The number of ether oxygens (including phenoxy) is 2. The Morgan fingerprint density at radius 3 is 2.37 bits per heavy atom. The number of Topliss-reactive ketones (excluding diaryl/α,β-unsaturated/α-hetero) is 1.